The lowest BCUT2D eigenvalue weighted by molar-refractivity contribution is 0.485. The molecule has 30 heavy (non-hydrogen) atoms. The Bertz CT molecular complexity index is 1430. The van der Waals surface area contributed by atoms with Crippen LogP contribution in [0.25, 0.3) is 32.7 Å². The van der Waals surface area contributed by atoms with Gasteiger partial charge in [-0.3, -0.25) is 5.32 Å². The number of nitrogens with zero attached hydrogens (tertiary/aromatic N) is 1. The second-order valence-corrected chi connectivity index (χ2v) is 7.87. The van der Waals surface area contributed by atoms with Gasteiger partial charge in [-0.2, -0.15) is 0 Å². The Labute approximate surface area is 178 Å². The van der Waals surface area contributed by atoms with Crippen LogP contribution in [0.1, 0.15) is 17.3 Å². The third kappa shape index (κ3) is 2.84. The van der Waals surface area contributed by atoms with Gasteiger partial charge in [-0.15, -0.1) is 0 Å². The number of benzene rings is 4. The number of halogens is 1. The van der Waals surface area contributed by atoms with E-state index in [2.05, 4.69) is 53.1 Å². The molecule has 0 saturated heterocycles. The fourth-order valence-corrected chi connectivity index (χ4v) is 4.41. The van der Waals surface area contributed by atoms with E-state index in [0.717, 1.165) is 38.9 Å². The summed E-state index contributed by atoms with van der Waals surface area (Å²) >= 11 is 6.53. The third-order valence-corrected chi connectivity index (χ3v) is 5.83. The number of amidine groups is 1. The van der Waals surface area contributed by atoms with E-state index in [-0.39, 0.29) is 6.17 Å². The van der Waals surface area contributed by atoms with Gasteiger partial charge in [0, 0.05) is 16.3 Å². The Morgan fingerprint density at radius 2 is 1.53 bits per heavy atom. The third-order valence-electron chi connectivity index (χ3n) is 5.59. The molecular weight excluding hydrogens is 394 g/mol. The largest absolute Gasteiger partial charge is 0.456 e. The molecule has 4 nitrogen and oxygen atoms in total. The van der Waals surface area contributed by atoms with E-state index in [1.807, 2.05) is 42.5 Å². The predicted octanol–water partition coefficient (Wildman–Crippen LogP) is 5.90. The van der Waals surface area contributed by atoms with E-state index in [0.29, 0.717) is 0 Å². The zero-order chi connectivity index (χ0) is 20.1. The summed E-state index contributed by atoms with van der Waals surface area (Å²) in [5, 5.41) is 11.1. The Morgan fingerprint density at radius 1 is 0.767 bits per heavy atom. The molecule has 0 spiro atoms. The molecule has 0 fully saturated rings. The van der Waals surface area contributed by atoms with Crippen LogP contribution in [0.2, 0.25) is 0 Å². The van der Waals surface area contributed by atoms with Crippen molar-refractivity contribution in [2.45, 2.75) is 11.8 Å². The lowest BCUT2D eigenvalue weighted by atomic mass is 10.0. The van der Waals surface area contributed by atoms with Crippen molar-refractivity contribution >= 4 is 50.1 Å². The number of para-hydroxylation sites is 1. The molecule has 2 heterocycles. The van der Waals surface area contributed by atoms with E-state index in [1.54, 1.807) is 0 Å². The molecule has 0 aliphatic carbocycles. The van der Waals surface area contributed by atoms with Gasteiger partial charge in [0.1, 0.15) is 23.2 Å². The number of fused-ring (bicyclic) bond motifs is 4. The highest BCUT2D eigenvalue weighted by Crippen LogP contribution is 2.31. The fourth-order valence-electron chi connectivity index (χ4n) is 4.18. The monoisotopic (exact) mass is 411 g/mol. The van der Waals surface area contributed by atoms with Gasteiger partial charge in [-0.1, -0.05) is 72.3 Å². The highest BCUT2D eigenvalue weighted by atomic mass is 35.5. The van der Waals surface area contributed by atoms with Crippen LogP contribution in [0.3, 0.4) is 0 Å². The molecule has 1 aliphatic heterocycles. The molecule has 5 heteroatoms. The molecule has 146 valence electrons. The summed E-state index contributed by atoms with van der Waals surface area (Å²) in [6.07, 6.45) is -0.244. The molecule has 4 aromatic carbocycles. The summed E-state index contributed by atoms with van der Waals surface area (Å²) in [5.41, 5.74) is 3.40. The van der Waals surface area contributed by atoms with Gasteiger partial charge in [0.25, 0.3) is 0 Å². The standard InChI is InChI=1S/C25H18ClN3O/c26-25-28-23(16-12-13-22-20(14-16)18-9-3-4-11-21(18)30-22)27-24(29-25)19-10-5-7-15-6-1-2-8-17(15)19/h1-14,24-25,29H,(H,27,28). The van der Waals surface area contributed by atoms with Crippen molar-refractivity contribution in [2.75, 3.05) is 0 Å². The van der Waals surface area contributed by atoms with Crippen LogP contribution in [0, 0.1) is 0 Å². The summed E-state index contributed by atoms with van der Waals surface area (Å²) in [4.78, 5) is 4.97. The van der Waals surface area contributed by atoms with Crippen molar-refractivity contribution in [3.05, 3.63) is 96.1 Å². The maximum atomic E-state index is 6.53. The van der Waals surface area contributed by atoms with Gasteiger partial charge in [-0.25, -0.2) is 4.99 Å². The van der Waals surface area contributed by atoms with Gasteiger partial charge in [-0.05, 0) is 40.6 Å². The van der Waals surface area contributed by atoms with Crippen molar-refractivity contribution < 1.29 is 4.42 Å². The molecule has 1 aromatic heterocycles. The Morgan fingerprint density at radius 3 is 2.47 bits per heavy atom. The first-order valence-corrected chi connectivity index (χ1v) is 10.3. The molecule has 6 rings (SSSR count). The number of rotatable bonds is 2. The number of aliphatic imine (C=N–C) groups is 1. The highest BCUT2D eigenvalue weighted by molar-refractivity contribution is 6.22. The highest BCUT2D eigenvalue weighted by Gasteiger charge is 2.24. The maximum absolute atomic E-state index is 6.53. The Kier molecular flexibility index (Phi) is 4.01. The van der Waals surface area contributed by atoms with Crippen molar-refractivity contribution in [2.24, 2.45) is 4.99 Å². The smallest absolute Gasteiger partial charge is 0.158 e. The molecule has 0 amide bonds. The van der Waals surface area contributed by atoms with Gasteiger partial charge in [0.15, 0.2) is 5.62 Å². The van der Waals surface area contributed by atoms with Crippen molar-refractivity contribution in [3.8, 4) is 0 Å². The number of hydrogen-bond donors (Lipinski definition) is 2. The van der Waals surface area contributed by atoms with Crippen molar-refractivity contribution in [1.29, 1.82) is 0 Å². The quantitative estimate of drug-likeness (QED) is 0.281. The molecule has 2 unspecified atom stereocenters. The molecule has 0 saturated carbocycles. The van der Waals surface area contributed by atoms with Crippen molar-refractivity contribution in [3.63, 3.8) is 0 Å². The van der Waals surface area contributed by atoms with Gasteiger partial charge < -0.3 is 9.73 Å². The van der Waals surface area contributed by atoms with Crippen LogP contribution in [-0.4, -0.2) is 11.5 Å². The summed E-state index contributed by atoms with van der Waals surface area (Å²) in [6.45, 7) is 0. The minimum Gasteiger partial charge on any atom is -0.456 e. The molecule has 5 aromatic rings. The van der Waals surface area contributed by atoms with E-state index in [1.165, 1.54) is 10.8 Å². The van der Waals surface area contributed by atoms with Gasteiger partial charge in [0.2, 0.25) is 0 Å². The molecule has 2 atom stereocenters. The minimum absolute atomic E-state index is 0.244. The topological polar surface area (TPSA) is 49.6 Å². The first-order chi connectivity index (χ1) is 14.8. The van der Waals surface area contributed by atoms with Crippen LogP contribution in [0.15, 0.2) is 94.3 Å². The molecule has 0 bridgehead atoms. The SMILES string of the molecule is ClC1NC(c2ccc3oc4ccccc4c3c2)=NC(c2cccc3ccccc23)N1. The van der Waals surface area contributed by atoms with E-state index >= 15 is 0 Å². The zero-order valence-electron chi connectivity index (χ0n) is 16.0. The number of nitrogens with one attached hydrogen (secondary N) is 2. The van der Waals surface area contributed by atoms with Crippen LogP contribution >= 0.6 is 11.6 Å². The second-order valence-electron chi connectivity index (χ2n) is 7.43. The van der Waals surface area contributed by atoms with E-state index < -0.39 is 5.62 Å². The van der Waals surface area contributed by atoms with E-state index in [9.17, 15) is 0 Å². The minimum atomic E-state index is -0.432. The number of furan rings is 1. The Hall–Kier alpha value is -3.34. The predicted molar refractivity (Wildman–Crippen MR) is 123 cm³/mol. The van der Waals surface area contributed by atoms with Crippen LogP contribution in [0.4, 0.5) is 0 Å². The second kappa shape index (κ2) is 6.87. The first-order valence-electron chi connectivity index (χ1n) is 9.90. The normalized spacial score (nSPS) is 19.2. The summed E-state index contributed by atoms with van der Waals surface area (Å²) < 4.78 is 5.96. The average molecular weight is 412 g/mol. The summed E-state index contributed by atoms with van der Waals surface area (Å²) in [5.74, 6) is 0.763. The van der Waals surface area contributed by atoms with Crippen LogP contribution in [0.5, 0.6) is 0 Å². The molecule has 1 aliphatic rings. The summed E-state index contributed by atoms with van der Waals surface area (Å²) in [7, 11) is 0. The number of alkyl halides is 1. The maximum Gasteiger partial charge on any atom is 0.158 e. The van der Waals surface area contributed by atoms with Crippen LogP contribution < -0.4 is 10.6 Å². The first kappa shape index (κ1) is 17.5. The Balaban J connectivity index is 1.48. The molecular formula is C25H18ClN3O. The summed E-state index contributed by atoms with van der Waals surface area (Å²) in [6, 6.07) is 28.8. The van der Waals surface area contributed by atoms with Crippen LogP contribution in [-0.2, 0) is 0 Å². The molecule has 2 N–H and O–H groups in total. The van der Waals surface area contributed by atoms with E-state index in [4.69, 9.17) is 21.0 Å². The lowest BCUT2D eigenvalue weighted by Crippen LogP contribution is -2.47. The molecule has 0 radical (unpaired) electrons. The fraction of sp³-hybridized carbons (Fsp3) is 0.0800. The van der Waals surface area contributed by atoms with Gasteiger partial charge in [0.05, 0.1) is 0 Å². The lowest BCUT2D eigenvalue weighted by Gasteiger charge is -2.28. The van der Waals surface area contributed by atoms with Crippen molar-refractivity contribution in [1.82, 2.24) is 10.6 Å². The average Bonchev–Trinajstić information content (AvgIpc) is 3.16. The number of hydrogen-bond acceptors (Lipinski definition) is 4. The zero-order valence-corrected chi connectivity index (χ0v) is 16.7. The van der Waals surface area contributed by atoms with Gasteiger partial charge >= 0.3 is 0 Å².